The third kappa shape index (κ3) is 4.72. The molecular weight excluding hydrogens is 222 g/mol. The average Bonchev–Trinajstić information content (AvgIpc) is 2.03. The minimum absolute atomic E-state index is 0.0923. The predicted octanol–water partition coefficient (Wildman–Crippen LogP) is 1.26. The van der Waals surface area contributed by atoms with Crippen LogP contribution in [0.1, 0.15) is 13.8 Å². The molecule has 0 saturated carbocycles. The van der Waals surface area contributed by atoms with Gasteiger partial charge in [0.15, 0.2) is 0 Å². The van der Waals surface area contributed by atoms with E-state index in [-0.39, 0.29) is 10.7 Å². The quantitative estimate of drug-likeness (QED) is 0.533. The van der Waals surface area contributed by atoms with Crippen LogP contribution >= 0.6 is 15.9 Å². The maximum atomic E-state index is 11.3. The van der Waals surface area contributed by atoms with Crippen molar-refractivity contribution in [3.63, 3.8) is 0 Å². The summed E-state index contributed by atoms with van der Waals surface area (Å²) in [4.78, 5) is 12.8. The largest absolute Gasteiger partial charge is 0.380 e. The lowest BCUT2D eigenvalue weighted by Crippen LogP contribution is -2.34. The molecule has 1 unspecified atom stereocenters. The molecule has 0 bridgehead atoms. The fraction of sp³-hybridized carbons (Fsp3) is 0.875. The molecule has 0 aromatic carbocycles. The van der Waals surface area contributed by atoms with Crippen molar-refractivity contribution in [2.45, 2.75) is 18.7 Å². The lowest BCUT2D eigenvalue weighted by atomic mass is 10.4. The van der Waals surface area contributed by atoms with E-state index in [1.165, 1.54) is 0 Å². The van der Waals surface area contributed by atoms with Crippen molar-refractivity contribution >= 4 is 21.8 Å². The first-order chi connectivity index (χ1) is 5.59. The molecule has 1 atom stereocenters. The van der Waals surface area contributed by atoms with Crippen LogP contribution in [0.3, 0.4) is 0 Å². The number of alkyl halides is 1. The zero-order valence-corrected chi connectivity index (χ0v) is 9.43. The van der Waals surface area contributed by atoms with Gasteiger partial charge in [-0.05, 0) is 13.8 Å². The van der Waals surface area contributed by atoms with Crippen LogP contribution in [0.25, 0.3) is 0 Å². The summed E-state index contributed by atoms with van der Waals surface area (Å²) in [7, 11) is 1.78. The second kappa shape index (κ2) is 6.43. The number of carbonyl (C=O) groups is 1. The number of carbonyl (C=O) groups excluding carboxylic acids is 1. The van der Waals surface area contributed by atoms with Gasteiger partial charge in [0.2, 0.25) is 5.91 Å². The summed E-state index contributed by atoms with van der Waals surface area (Å²) in [6, 6.07) is 0. The summed E-state index contributed by atoms with van der Waals surface area (Å²) in [6.45, 7) is 5.72. The SMILES string of the molecule is CCOCCN(C)C(=O)C(C)Br. The number of amides is 1. The highest BCUT2D eigenvalue weighted by Gasteiger charge is 2.13. The van der Waals surface area contributed by atoms with E-state index in [4.69, 9.17) is 4.74 Å². The molecule has 12 heavy (non-hydrogen) atoms. The highest BCUT2D eigenvalue weighted by molar-refractivity contribution is 9.10. The number of rotatable bonds is 5. The fourth-order valence-electron chi connectivity index (χ4n) is 0.760. The van der Waals surface area contributed by atoms with Crippen molar-refractivity contribution in [3.8, 4) is 0 Å². The van der Waals surface area contributed by atoms with Crippen LogP contribution in [0.2, 0.25) is 0 Å². The van der Waals surface area contributed by atoms with Gasteiger partial charge in [0.1, 0.15) is 0 Å². The minimum atomic E-state index is -0.107. The van der Waals surface area contributed by atoms with Gasteiger partial charge in [-0.15, -0.1) is 0 Å². The Morgan fingerprint density at radius 1 is 1.67 bits per heavy atom. The zero-order valence-electron chi connectivity index (χ0n) is 7.84. The lowest BCUT2D eigenvalue weighted by molar-refractivity contribution is -0.129. The molecule has 0 spiro atoms. The van der Waals surface area contributed by atoms with Gasteiger partial charge >= 0.3 is 0 Å². The van der Waals surface area contributed by atoms with Gasteiger partial charge in [-0.1, -0.05) is 15.9 Å². The summed E-state index contributed by atoms with van der Waals surface area (Å²) >= 11 is 3.22. The van der Waals surface area contributed by atoms with Crippen molar-refractivity contribution in [1.82, 2.24) is 4.90 Å². The van der Waals surface area contributed by atoms with Crippen molar-refractivity contribution in [2.75, 3.05) is 26.8 Å². The molecule has 3 nitrogen and oxygen atoms in total. The van der Waals surface area contributed by atoms with Crippen LogP contribution in [0, 0.1) is 0 Å². The molecule has 0 N–H and O–H groups in total. The van der Waals surface area contributed by atoms with Crippen LogP contribution in [-0.4, -0.2) is 42.4 Å². The normalized spacial score (nSPS) is 12.7. The second-order valence-corrected chi connectivity index (χ2v) is 3.95. The van der Waals surface area contributed by atoms with E-state index >= 15 is 0 Å². The number of hydrogen-bond acceptors (Lipinski definition) is 2. The van der Waals surface area contributed by atoms with Crippen molar-refractivity contribution in [3.05, 3.63) is 0 Å². The van der Waals surface area contributed by atoms with Crippen LogP contribution in [-0.2, 0) is 9.53 Å². The van der Waals surface area contributed by atoms with Gasteiger partial charge in [0, 0.05) is 20.2 Å². The first kappa shape index (κ1) is 11.9. The van der Waals surface area contributed by atoms with Crippen molar-refractivity contribution < 1.29 is 9.53 Å². The number of likely N-dealkylation sites (N-methyl/N-ethyl adjacent to an activating group) is 1. The zero-order chi connectivity index (χ0) is 9.56. The molecular formula is C8H16BrNO2. The van der Waals surface area contributed by atoms with E-state index in [0.717, 1.165) is 0 Å². The van der Waals surface area contributed by atoms with Crippen LogP contribution < -0.4 is 0 Å². The minimum Gasteiger partial charge on any atom is -0.380 e. The fourth-order valence-corrected chi connectivity index (χ4v) is 1.11. The topological polar surface area (TPSA) is 29.5 Å². The summed E-state index contributed by atoms with van der Waals surface area (Å²) < 4.78 is 5.12. The van der Waals surface area contributed by atoms with Gasteiger partial charge in [-0.2, -0.15) is 0 Å². The third-order valence-corrected chi connectivity index (χ3v) is 1.88. The Hall–Kier alpha value is -0.0900. The van der Waals surface area contributed by atoms with Crippen LogP contribution in [0.15, 0.2) is 0 Å². The van der Waals surface area contributed by atoms with Gasteiger partial charge in [-0.25, -0.2) is 0 Å². The van der Waals surface area contributed by atoms with Gasteiger partial charge < -0.3 is 9.64 Å². The Labute approximate surface area is 82.2 Å². The molecule has 0 fully saturated rings. The molecule has 4 heteroatoms. The Balaban J connectivity index is 3.57. The molecule has 0 rings (SSSR count). The van der Waals surface area contributed by atoms with E-state index < -0.39 is 0 Å². The lowest BCUT2D eigenvalue weighted by Gasteiger charge is -2.18. The Morgan fingerprint density at radius 2 is 2.25 bits per heavy atom. The molecule has 72 valence electrons. The standard InChI is InChI=1S/C8H16BrNO2/c1-4-12-6-5-10(3)8(11)7(2)9/h7H,4-6H2,1-3H3. The molecule has 0 heterocycles. The monoisotopic (exact) mass is 237 g/mol. The summed E-state index contributed by atoms with van der Waals surface area (Å²) in [5, 5.41) is 0. The van der Waals surface area contributed by atoms with E-state index in [0.29, 0.717) is 19.8 Å². The highest BCUT2D eigenvalue weighted by Crippen LogP contribution is 2.01. The Bertz CT molecular complexity index is 139. The van der Waals surface area contributed by atoms with Gasteiger partial charge in [0.25, 0.3) is 0 Å². The maximum absolute atomic E-state index is 11.3. The highest BCUT2D eigenvalue weighted by atomic mass is 79.9. The first-order valence-electron chi connectivity index (χ1n) is 4.06. The molecule has 0 aromatic heterocycles. The molecule has 0 aromatic rings. The average molecular weight is 238 g/mol. The van der Waals surface area contributed by atoms with Crippen molar-refractivity contribution in [1.29, 1.82) is 0 Å². The molecule has 0 radical (unpaired) electrons. The van der Waals surface area contributed by atoms with E-state index in [2.05, 4.69) is 15.9 Å². The van der Waals surface area contributed by atoms with E-state index in [1.807, 2.05) is 13.8 Å². The molecule has 0 aliphatic carbocycles. The maximum Gasteiger partial charge on any atom is 0.235 e. The second-order valence-electron chi connectivity index (χ2n) is 2.57. The predicted molar refractivity (Wildman–Crippen MR) is 52.5 cm³/mol. The van der Waals surface area contributed by atoms with Gasteiger partial charge in [0.05, 0.1) is 11.4 Å². The molecule has 0 saturated heterocycles. The van der Waals surface area contributed by atoms with E-state index in [9.17, 15) is 4.79 Å². The summed E-state index contributed by atoms with van der Waals surface area (Å²) in [5.41, 5.74) is 0. The van der Waals surface area contributed by atoms with E-state index in [1.54, 1.807) is 11.9 Å². The third-order valence-electron chi connectivity index (χ3n) is 1.49. The Morgan fingerprint density at radius 3 is 2.67 bits per heavy atom. The summed E-state index contributed by atoms with van der Waals surface area (Å²) in [5.74, 6) is 0.0923. The Kier molecular flexibility index (Phi) is 6.38. The number of hydrogen-bond donors (Lipinski definition) is 0. The molecule has 0 aliphatic rings. The van der Waals surface area contributed by atoms with Crippen molar-refractivity contribution in [2.24, 2.45) is 0 Å². The number of nitrogens with zero attached hydrogens (tertiary/aromatic N) is 1. The first-order valence-corrected chi connectivity index (χ1v) is 4.98. The molecule has 0 aliphatic heterocycles. The van der Waals surface area contributed by atoms with Crippen LogP contribution in [0.4, 0.5) is 0 Å². The molecule has 1 amide bonds. The smallest absolute Gasteiger partial charge is 0.235 e. The van der Waals surface area contributed by atoms with Gasteiger partial charge in [-0.3, -0.25) is 4.79 Å². The number of halogens is 1. The summed E-state index contributed by atoms with van der Waals surface area (Å²) in [6.07, 6.45) is 0. The van der Waals surface area contributed by atoms with Crippen LogP contribution in [0.5, 0.6) is 0 Å². The number of ether oxygens (including phenoxy) is 1.